The summed E-state index contributed by atoms with van der Waals surface area (Å²) >= 11 is 0. The zero-order valence-electron chi connectivity index (χ0n) is 18.0. The van der Waals surface area contributed by atoms with E-state index in [9.17, 15) is 18.4 Å². The Kier molecular flexibility index (Phi) is 4.80. The average Bonchev–Trinajstić information content (AvgIpc) is 3.34. The highest BCUT2D eigenvalue weighted by Crippen LogP contribution is 2.43. The third-order valence-electron chi connectivity index (χ3n) is 6.84. The van der Waals surface area contributed by atoms with E-state index in [1.54, 1.807) is 25.1 Å². The van der Waals surface area contributed by atoms with Crippen LogP contribution in [-0.4, -0.2) is 23.0 Å². The van der Waals surface area contributed by atoms with E-state index < -0.39 is 17.3 Å². The monoisotopic (exact) mass is 437 g/mol. The second-order valence-corrected chi connectivity index (χ2v) is 8.97. The van der Waals surface area contributed by atoms with Gasteiger partial charge in [-0.1, -0.05) is 12.1 Å². The minimum Gasteiger partial charge on any atom is -0.366 e. The maximum absolute atomic E-state index is 14.5. The molecule has 166 valence electrons. The minimum atomic E-state index is -3.15. The Bertz CT molecular complexity index is 1260. The lowest BCUT2D eigenvalue weighted by molar-refractivity contribution is 0.0183. The number of anilines is 2. The summed E-state index contributed by atoms with van der Waals surface area (Å²) in [5, 5.41) is 2.97. The van der Waals surface area contributed by atoms with Crippen LogP contribution in [0.1, 0.15) is 54.1 Å². The Labute approximate surface area is 184 Å². The predicted molar refractivity (Wildman–Crippen MR) is 122 cm³/mol. The number of alkyl halides is 2. The number of aromatic nitrogens is 1. The van der Waals surface area contributed by atoms with Crippen LogP contribution in [0.3, 0.4) is 0 Å². The van der Waals surface area contributed by atoms with E-state index in [2.05, 4.69) is 15.2 Å². The SMILES string of the molecule is Cc1cccc2[nH]cc(C(=O)Nc3ccc(N4C5CCC4CC5)cc3C(C)(F)F)c(=O)c12. The van der Waals surface area contributed by atoms with Crippen molar-refractivity contribution < 1.29 is 13.6 Å². The third kappa shape index (κ3) is 3.36. The molecule has 0 saturated carbocycles. The standard InChI is InChI=1S/C25H25F2N3O2/c1-14-4-3-5-21-22(14)23(31)18(13-28-21)24(32)29-20-11-10-17(12-19(20)25(2,26)27)30-15-6-7-16(30)9-8-15/h3-5,10-13,15-16H,6-9H2,1-2H3,(H,28,31)(H,29,32). The lowest BCUT2D eigenvalue weighted by Crippen LogP contribution is -2.29. The van der Waals surface area contributed by atoms with E-state index >= 15 is 0 Å². The predicted octanol–water partition coefficient (Wildman–Crippen LogP) is 5.33. The Morgan fingerprint density at radius 2 is 1.81 bits per heavy atom. The van der Waals surface area contributed by atoms with Gasteiger partial charge in [0, 0.05) is 47.4 Å². The fourth-order valence-corrected chi connectivity index (χ4v) is 5.30. The molecule has 32 heavy (non-hydrogen) atoms. The molecule has 0 radical (unpaired) electrons. The number of rotatable bonds is 4. The minimum absolute atomic E-state index is 0.0158. The molecule has 2 N–H and O–H groups in total. The molecular weight excluding hydrogens is 412 g/mol. The zero-order valence-corrected chi connectivity index (χ0v) is 18.0. The van der Waals surface area contributed by atoms with Gasteiger partial charge in [0.15, 0.2) is 0 Å². The molecule has 3 heterocycles. The van der Waals surface area contributed by atoms with Crippen LogP contribution in [0, 0.1) is 6.92 Å². The normalized spacial score (nSPS) is 20.2. The van der Waals surface area contributed by atoms with Gasteiger partial charge in [-0.25, -0.2) is 8.78 Å². The number of aryl methyl sites for hydroxylation is 1. The molecule has 3 aromatic rings. The number of hydrogen-bond donors (Lipinski definition) is 2. The summed E-state index contributed by atoms with van der Waals surface area (Å²) in [5.74, 6) is -3.86. The zero-order chi connectivity index (χ0) is 22.6. The largest absolute Gasteiger partial charge is 0.366 e. The smallest absolute Gasteiger partial charge is 0.272 e. The van der Waals surface area contributed by atoms with Gasteiger partial charge in [-0.3, -0.25) is 9.59 Å². The van der Waals surface area contributed by atoms with E-state index in [1.165, 1.54) is 18.3 Å². The topological polar surface area (TPSA) is 65.2 Å². The van der Waals surface area contributed by atoms with Crippen LogP contribution in [0.15, 0.2) is 47.4 Å². The van der Waals surface area contributed by atoms with E-state index in [-0.39, 0.29) is 16.8 Å². The van der Waals surface area contributed by atoms with Crippen molar-refractivity contribution in [2.45, 2.75) is 57.5 Å². The lowest BCUT2D eigenvalue weighted by atomic mass is 10.0. The summed E-state index contributed by atoms with van der Waals surface area (Å²) in [6.45, 7) is 2.62. The number of benzene rings is 2. The second-order valence-electron chi connectivity index (χ2n) is 8.97. The van der Waals surface area contributed by atoms with Crippen molar-refractivity contribution in [1.82, 2.24) is 4.98 Å². The molecule has 5 nitrogen and oxygen atoms in total. The van der Waals surface area contributed by atoms with Gasteiger partial charge >= 0.3 is 0 Å². The highest BCUT2D eigenvalue weighted by Gasteiger charge is 2.40. The maximum atomic E-state index is 14.5. The van der Waals surface area contributed by atoms with E-state index in [1.807, 2.05) is 6.07 Å². The van der Waals surface area contributed by atoms with Gasteiger partial charge in [0.05, 0.1) is 5.69 Å². The Hall–Kier alpha value is -3.22. The Morgan fingerprint density at radius 1 is 1.12 bits per heavy atom. The van der Waals surface area contributed by atoms with Crippen LogP contribution in [0.25, 0.3) is 10.9 Å². The second kappa shape index (κ2) is 7.43. The van der Waals surface area contributed by atoms with E-state index in [0.717, 1.165) is 43.9 Å². The molecule has 1 amide bonds. The molecule has 5 rings (SSSR count). The number of carbonyl (C=O) groups excluding carboxylic acids is 1. The van der Waals surface area contributed by atoms with Crippen molar-refractivity contribution in [3.05, 3.63) is 69.5 Å². The maximum Gasteiger partial charge on any atom is 0.272 e. The molecule has 0 atom stereocenters. The number of aromatic amines is 1. The van der Waals surface area contributed by atoms with Crippen LogP contribution in [0.4, 0.5) is 20.2 Å². The number of hydrogen-bond acceptors (Lipinski definition) is 3. The molecule has 2 fully saturated rings. The van der Waals surface area contributed by atoms with Crippen molar-refractivity contribution in [1.29, 1.82) is 0 Å². The van der Waals surface area contributed by atoms with Crippen molar-refractivity contribution >= 4 is 28.2 Å². The summed E-state index contributed by atoms with van der Waals surface area (Å²) in [6.07, 6.45) is 5.69. The van der Waals surface area contributed by atoms with Gasteiger partial charge in [-0.2, -0.15) is 0 Å². The number of halogens is 2. The molecule has 0 unspecified atom stereocenters. The molecule has 0 spiro atoms. The highest BCUT2D eigenvalue weighted by atomic mass is 19.3. The summed E-state index contributed by atoms with van der Waals surface area (Å²) in [7, 11) is 0. The van der Waals surface area contributed by atoms with Gasteiger partial charge < -0.3 is 15.2 Å². The van der Waals surface area contributed by atoms with Crippen molar-refractivity contribution in [2.75, 3.05) is 10.2 Å². The van der Waals surface area contributed by atoms with Crippen LogP contribution in [-0.2, 0) is 5.92 Å². The highest BCUT2D eigenvalue weighted by molar-refractivity contribution is 6.06. The van der Waals surface area contributed by atoms with E-state index in [4.69, 9.17) is 0 Å². The number of amides is 1. The van der Waals surface area contributed by atoms with Gasteiger partial charge in [-0.15, -0.1) is 0 Å². The summed E-state index contributed by atoms with van der Waals surface area (Å²) in [5.41, 5.74) is 1.36. The van der Waals surface area contributed by atoms with Crippen LogP contribution in [0.5, 0.6) is 0 Å². The first-order valence-electron chi connectivity index (χ1n) is 11.0. The molecule has 2 aliphatic heterocycles. The summed E-state index contributed by atoms with van der Waals surface area (Å²) in [6, 6.07) is 11.0. The summed E-state index contributed by atoms with van der Waals surface area (Å²) < 4.78 is 29.1. The Morgan fingerprint density at radius 3 is 2.47 bits per heavy atom. The molecule has 1 aromatic heterocycles. The molecule has 2 aromatic carbocycles. The van der Waals surface area contributed by atoms with Crippen molar-refractivity contribution in [3.8, 4) is 0 Å². The molecule has 2 bridgehead atoms. The molecule has 0 aliphatic carbocycles. The first-order chi connectivity index (χ1) is 15.2. The number of H-pyrrole nitrogens is 1. The molecule has 2 saturated heterocycles. The number of pyridine rings is 1. The van der Waals surface area contributed by atoms with Crippen molar-refractivity contribution in [2.24, 2.45) is 0 Å². The lowest BCUT2D eigenvalue weighted by Gasteiger charge is -2.27. The van der Waals surface area contributed by atoms with Gasteiger partial charge in [-0.05, 0) is 62.4 Å². The van der Waals surface area contributed by atoms with E-state index in [0.29, 0.717) is 23.0 Å². The first kappa shape index (κ1) is 20.7. The Balaban J connectivity index is 1.51. The number of nitrogens with one attached hydrogen (secondary N) is 2. The molecular formula is C25H25F2N3O2. The van der Waals surface area contributed by atoms with Gasteiger partial charge in [0.2, 0.25) is 5.43 Å². The van der Waals surface area contributed by atoms with Gasteiger partial charge in [0.25, 0.3) is 11.8 Å². The average molecular weight is 437 g/mol. The summed E-state index contributed by atoms with van der Waals surface area (Å²) in [4.78, 5) is 31.1. The molecule has 7 heteroatoms. The number of fused-ring (bicyclic) bond motifs is 3. The fraction of sp³-hybridized carbons (Fsp3) is 0.360. The van der Waals surface area contributed by atoms with Crippen molar-refractivity contribution in [3.63, 3.8) is 0 Å². The van der Waals surface area contributed by atoms with Crippen LogP contribution in [0.2, 0.25) is 0 Å². The third-order valence-corrected chi connectivity index (χ3v) is 6.84. The van der Waals surface area contributed by atoms with Crippen LogP contribution < -0.4 is 15.6 Å². The first-order valence-corrected chi connectivity index (χ1v) is 11.0. The van der Waals surface area contributed by atoms with Crippen LogP contribution >= 0.6 is 0 Å². The fourth-order valence-electron chi connectivity index (χ4n) is 5.30. The van der Waals surface area contributed by atoms with Gasteiger partial charge in [0.1, 0.15) is 5.56 Å². The number of nitrogens with zero attached hydrogens (tertiary/aromatic N) is 1. The molecule has 2 aliphatic rings. The quantitative estimate of drug-likeness (QED) is 0.580. The number of carbonyl (C=O) groups is 1.